The Hall–Kier alpha value is -0.340. The molecule has 2 heteroatoms. The summed E-state index contributed by atoms with van der Waals surface area (Å²) >= 11 is 3.68. The molecule has 20 heavy (non-hydrogen) atoms. The number of halogens is 1. The van der Waals surface area contributed by atoms with Crippen molar-refractivity contribution in [1.29, 1.82) is 0 Å². The monoisotopic (exact) mass is 335 g/mol. The minimum Gasteiger partial charge on any atom is -0.307 e. The highest BCUT2D eigenvalue weighted by Gasteiger charge is 2.61. The molecule has 0 heterocycles. The molecule has 0 saturated heterocycles. The number of hydrogen-bond donors (Lipinski definition) is 1. The van der Waals surface area contributed by atoms with Crippen LogP contribution in [0.3, 0.4) is 0 Å². The Morgan fingerprint density at radius 1 is 1.25 bits per heavy atom. The van der Waals surface area contributed by atoms with Crippen LogP contribution in [0, 0.1) is 16.7 Å². The Labute approximate surface area is 131 Å². The molecule has 1 aromatic rings. The van der Waals surface area contributed by atoms with E-state index in [-0.39, 0.29) is 0 Å². The molecule has 2 fully saturated rings. The van der Waals surface area contributed by atoms with Crippen molar-refractivity contribution < 1.29 is 0 Å². The Bertz CT molecular complexity index is 510. The van der Waals surface area contributed by atoms with Gasteiger partial charge in [0.25, 0.3) is 0 Å². The van der Waals surface area contributed by atoms with Crippen molar-refractivity contribution in [3.8, 4) is 0 Å². The summed E-state index contributed by atoms with van der Waals surface area (Å²) in [6, 6.07) is 9.64. The van der Waals surface area contributed by atoms with Crippen LogP contribution in [0.1, 0.15) is 58.6 Å². The number of rotatable bonds is 3. The van der Waals surface area contributed by atoms with E-state index in [4.69, 9.17) is 0 Å². The van der Waals surface area contributed by atoms with Crippen LogP contribution in [0.25, 0.3) is 0 Å². The zero-order valence-corrected chi connectivity index (χ0v) is 14.6. The first-order valence-corrected chi connectivity index (χ1v) is 8.66. The average Bonchev–Trinajstić information content (AvgIpc) is 2.72. The fraction of sp³-hybridized carbons (Fsp3) is 0.667. The zero-order valence-electron chi connectivity index (χ0n) is 13.0. The van der Waals surface area contributed by atoms with Gasteiger partial charge in [0, 0.05) is 16.6 Å². The second-order valence-corrected chi connectivity index (χ2v) is 8.43. The molecule has 2 saturated carbocycles. The Morgan fingerprint density at radius 3 is 2.50 bits per heavy atom. The molecular formula is C18H26BrN. The summed E-state index contributed by atoms with van der Waals surface area (Å²) in [5.41, 5.74) is 2.31. The molecule has 3 rings (SSSR count). The fourth-order valence-corrected chi connectivity index (χ4v) is 5.30. The van der Waals surface area contributed by atoms with Crippen molar-refractivity contribution in [2.75, 3.05) is 0 Å². The van der Waals surface area contributed by atoms with Gasteiger partial charge in [0.05, 0.1) is 0 Å². The molecule has 1 nitrogen and oxygen atoms in total. The third kappa shape index (κ3) is 1.99. The summed E-state index contributed by atoms with van der Waals surface area (Å²) < 4.78 is 1.22. The molecule has 0 aliphatic heterocycles. The van der Waals surface area contributed by atoms with Gasteiger partial charge in [-0.1, -0.05) is 54.9 Å². The maximum atomic E-state index is 3.93. The van der Waals surface area contributed by atoms with Gasteiger partial charge < -0.3 is 5.32 Å². The van der Waals surface area contributed by atoms with Crippen LogP contribution in [0.15, 0.2) is 28.7 Å². The lowest BCUT2D eigenvalue weighted by atomic mass is 9.69. The largest absolute Gasteiger partial charge is 0.307 e. The first-order chi connectivity index (χ1) is 9.36. The molecule has 4 atom stereocenters. The predicted molar refractivity (Wildman–Crippen MR) is 88.7 cm³/mol. The first-order valence-electron chi connectivity index (χ1n) is 7.87. The van der Waals surface area contributed by atoms with Crippen LogP contribution < -0.4 is 5.32 Å². The van der Waals surface area contributed by atoms with Crippen molar-refractivity contribution in [2.45, 2.75) is 59.0 Å². The van der Waals surface area contributed by atoms with Gasteiger partial charge in [0.1, 0.15) is 0 Å². The maximum Gasteiger partial charge on any atom is 0.0305 e. The Balaban J connectivity index is 1.79. The molecular weight excluding hydrogens is 310 g/mol. The van der Waals surface area contributed by atoms with E-state index in [9.17, 15) is 0 Å². The third-order valence-corrected chi connectivity index (χ3v) is 7.34. The number of hydrogen-bond acceptors (Lipinski definition) is 1. The maximum absolute atomic E-state index is 3.93. The van der Waals surface area contributed by atoms with Crippen molar-refractivity contribution in [3.05, 3.63) is 34.3 Å². The van der Waals surface area contributed by atoms with E-state index >= 15 is 0 Å². The molecule has 0 radical (unpaired) electrons. The number of benzene rings is 1. The van der Waals surface area contributed by atoms with Gasteiger partial charge in [-0.3, -0.25) is 0 Å². The summed E-state index contributed by atoms with van der Waals surface area (Å²) in [6.07, 6.45) is 4.15. The number of nitrogens with one attached hydrogen (secondary N) is 1. The summed E-state index contributed by atoms with van der Waals surface area (Å²) in [4.78, 5) is 0. The van der Waals surface area contributed by atoms with Gasteiger partial charge in [0.2, 0.25) is 0 Å². The van der Waals surface area contributed by atoms with E-state index in [1.807, 2.05) is 0 Å². The lowest BCUT2D eigenvalue weighted by Gasteiger charge is -2.41. The van der Waals surface area contributed by atoms with Crippen LogP contribution in [-0.4, -0.2) is 6.04 Å². The summed E-state index contributed by atoms with van der Waals surface area (Å²) in [6.45, 7) is 9.76. The van der Waals surface area contributed by atoms with Crippen molar-refractivity contribution in [3.63, 3.8) is 0 Å². The summed E-state index contributed by atoms with van der Waals surface area (Å²) in [5, 5.41) is 3.93. The first kappa shape index (κ1) is 14.6. The van der Waals surface area contributed by atoms with E-state index < -0.39 is 0 Å². The van der Waals surface area contributed by atoms with E-state index in [0.717, 1.165) is 5.92 Å². The summed E-state index contributed by atoms with van der Waals surface area (Å²) in [7, 11) is 0. The van der Waals surface area contributed by atoms with Gasteiger partial charge >= 0.3 is 0 Å². The molecule has 2 aliphatic rings. The highest BCUT2D eigenvalue weighted by atomic mass is 79.9. The standard InChI is InChI=1S/C18H26BrN/c1-12(14-7-5-6-8-15(14)19)20-16-11-13-9-10-18(16,4)17(13,2)3/h5-8,12-13,16,20H,9-11H2,1-4H3/t12-,13?,16?,18?/m0/s1. The molecule has 1 aromatic carbocycles. The fourth-order valence-electron chi connectivity index (χ4n) is 4.67. The minimum atomic E-state index is 0.405. The van der Waals surface area contributed by atoms with Gasteiger partial charge in [-0.05, 0) is 54.6 Å². The average molecular weight is 336 g/mol. The van der Waals surface area contributed by atoms with Crippen LogP contribution in [0.2, 0.25) is 0 Å². The lowest BCUT2D eigenvalue weighted by molar-refractivity contribution is 0.116. The van der Waals surface area contributed by atoms with Gasteiger partial charge in [-0.2, -0.15) is 0 Å². The van der Waals surface area contributed by atoms with Crippen LogP contribution >= 0.6 is 15.9 Å². The van der Waals surface area contributed by atoms with Gasteiger partial charge in [-0.15, -0.1) is 0 Å². The topological polar surface area (TPSA) is 12.0 Å². The highest BCUT2D eigenvalue weighted by Crippen LogP contribution is 2.65. The minimum absolute atomic E-state index is 0.405. The molecule has 0 aromatic heterocycles. The second kappa shape index (κ2) is 4.84. The quantitative estimate of drug-likeness (QED) is 0.788. The summed E-state index contributed by atoms with van der Waals surface area (Å²) in [5.74, 6) is 0.899. The normalized spacial score (nSPS) is 36.2. The van der Waals surface area contributed by atoms with Crippen molar-refractivity contribution >= 4 is 15.9 Å². The van der Waals surface area contributed by atoms with Gasteiger partial charge in [0.15, 0.2) is 0 Å². The van der Waals surface area contributed by atoms with E-state index in [2.05, 4.69) is 73.2 Å². The van der Waals surface area contributed by atoms with Crippen molar-refractivity contribution in [1.82, 2.24) is 5.32 Å². The second-order valence-electron chi connectivity index (χ2n) is 7.57. The highest BCUT2D eigenvalue weighted by molar-refractivity contribution is 9.10. The SMILES string of the molecule is C[C@H](NC1CC2CCC1(C)C2(C)C)c1ccccc1Br. The molecule has 0 spiro atoms. The van der Waals surface area contributed by atoms with Crippen molar-refractivity contribution in [2.24, 2.45) is 16.7 Å². The van der Waals surface area contributed by atoms with E-state index in [1.165, 1.54) is 29.3 Å². The molecule has 2 bridgehead atoms. The van der Waals surface area contributed by atoms with E-state index in [0.29, 0.717) is 22.9 Å². The third-order valence-electron chi connectivity index (χ3n) is 6.62. The smallest absolute Gasteiger partial charge is 0.0305 e. The zero-order chi connectivity index (χ0) is 14.5. The molecule has 0 amide bonds. The molecule has 110 valence electrons. The van der Waals surface area contributed by atoms with Crippen LogP contribution in [0.4, 0.5) is 0 Å². The van der Waals surface area contributed by atoms with Gasteiger partial charge in [-0.25, -0.2) is 0 Å². The van der Waals surface area contributed by atoms with Crippen LogP contribution in [-0.2, 0) is 0 Å². The molecule has 1 N–H and O–H groups in total. The molecule has 2 aliphatic carbocycles. The Kier molecular flexibility index (Phi) is 3.53. The number of fused-ring (bicyclic) bond motifs is 2. The van der Waals surface area contributed by atoms with Crippen LogP contribution in [0.5, 0.6) is 0 Å². The predicted octanol–water partition coefficient (Wildman–Crippen LogP) is 5.31. The Morgan fingerprint density at radius 2 is 1.95 bits per heavy atom. The molecule has 3 unspecified atom stereocenters. The lowest BCUT2D eigenvalue weighted by Crippen LogP contribution is -2.45. The van der Waals surface area contributed by atoms with E-state index in [1.54, 1.807) is 0 Å².